The van der Waals surface area contributed by atoms with Crippen LogP contribution in [0.5, 0.6) is 0 Å². The SMILES string of the molecule is CCCCCCCCCCCCCCCCCC(=O)Nc1ccn([C@@H]2O[C@H](CO)[C@@H](O)C2(F)F)c(=O)n1. The quantitative estimate of drug-likeness (QED) is 0.209. The van der Waals surface area contributed by atoms with Crippen LogP contribution in [0.4, 0.5) is 14.6 Å². The Hall–Kier alpha value is -1.91. The van der Waals surface area contributed by atoms with Gasteiger partial charge in [0.05, 0.1) is 6.61 Å². The summed E-state index contributed by atoms with van der Waals surface area (Å²) in [5.41, 5.74) is -1.06. The van der Waals surface area contributed by atoms with Gasteiger partial charge >= 0.3 is 11.6 Å². The molecule has 0 saturated carbocycles. The normalized spacial score (nSPS) is 20.8. The third kappa shape index (κ3) is 10.4. The summed E-state index contributed by atoms with van der Waals surface area (Å²) in [5.74, 6) is -4.11. The number of ether oxygens (including phenoxy) is 1. The van der Waals surface area contributed by atoms with Gasteiger partial charge in [-0.15, -0.1) is 0 Å². The first-order valence-electron chi connectivity index (χ1n) is 14.0. The van der Waals surface area contributed by atoms with Gasteiger partial charge < -0.3 is 20.3 Å². The molecule has 37 heavy (non-hydrogen) atoms. The first-order chi connectivity index (χ1) is 17.8. The maximum atomic E-state index is 14.3. The Kier molecular flexibility index (Phi) is 14.2. The number of nitrogens with zero attached hydrogens (tertiary/aromatic N) is 2. The van der Waals surface area contributed by atoms with Crippen molar-refractivity contribution in [1.82, 2.24) is 9.55 Å². The summed E-state index contributed by atoms with van der Waals surface area (Å²) in [7, 11) is 0. The number of amides is 1. The van der Waals surface area contributed by atoms with Crippen LogP contribution in [-0.2, 0) is 9.53 Å². The largest absolute Gasteiger partial charge is 0.394 e. The zero-order valence-corrected chi connectivity index (χ0v) is 22.2. The number of rotatable bonds is 19. The number of anilines is 1. The lowest BCUT2D eigenvalue weighted by molar-refractivity contribution is -0.141. The van der Waals surface area contributed by atoms with E-state index in [2.05, 4.69) is 17.2 Å². The predicted molar refractivity (Wildman–Crippen MR) is 139 cm³/mol. The molecule has 212 valence electrons. The highest BCUT2D eigenvalue weighted by atomic mass is 19.3. The first kappa shape index (κ1) is 31.3. The molecule has 1 saturated heterocycles. The molecule has 3 N–H and O–H groups in total. The second-order valence-electron chi connectivity index (χ2n) is 10.1. The van der Waals surface area contributed by atoms with Gasteiger partial charge in [-0.1, -0.05) is 96.8 Å². The molecule has 1 aliphatic rings. The van der Waals surface area contributed by atoms with Crippen LogP contribution in [-0.4, -0.2) is 50.4 Å². The molecule has 0 aliphatic carbocycles. The molecule has 0 radical (unpaired) electrons. The average molecular weight is 530 g/mol. The number of hydrogen-bond acceptors (Lipinski definition) is 6. The van der Waals surface area contributed by atoms with Crippen LogP contribution in [0.1, 0.15) is 116 Å². The molecule has 0 unspecified atom stereocenters. The Morgan fingerprint density at radius 3 is 1.97 bits per heavy atom. The lowest BCUT2D eigenvalue weighted by Crippen LogP contribution is -2.41. The molecule has 2 heterocycles. The molecule has 1 aromatic heterocycles. The zero-order chi connectivity index (χ0) is 27.1. The molecule has 1 amide bonds. The van der Waals surface area contributed by atoms with Crippen LogP contribution >= 0.6 is 0 Å². The molecule has 2 rings (SSSR count). The van der Waals surface area contributed by atoms with E-state index >= 15 is 0 Å². The Morgan fingerprint density at radius 2 is 1.51 bits per heavy atom. The Morgan fingerprint density at radius 1 is 1.00 bits per heavy atom. The summed E-state index contributed by atoms with van der Waals surface area (Å²) in [6, 6.07) is 1.23. The number of aliphatic hydroxyl groups excluding tert-OH is 2. The van der Waals surface area contributed by atoms with Crippen molar-refractivity contribution in [2.75, 3.05) is 11.9 Å². The van der Waals surface area contributed by atoms with Crippen molar-refractivity contribution in [3.8, 4) is 0 Å². The lowest BCUT2D eigenvalue weighted by Gasteiger charge is -2.21. The van der Waals surface area contributed by atoms with Crippen molar-refractivity contribution in [3.05, 3.63) is 22.7 Å². The van der Waals surface area contributed by atoms with Crippen LogP contribution in [0.15, 0.2) is 17.1 Å². The fourth-order valence-electron chi connectivity index (χ4n) is 4.64. The van der Waals surface area contributed by atoms with E-state index in [1.165, 1.54) is 76.7 Å². The molecular weight excluding hydrogens is 484 g/mol. The van der Waals surface area contributed by atoms with Gasteiger partial charge in [0.1, 0.15) is 11.9 Å². The number of carbonyl (C=O) groups is 1. The number of nitrogens with one attached hydrogen (secondary N) is 1. The summed E-state index contributed by atoms with van der Waals surface area (Å²) >= 11 is 0. The molecule has 0 aromatic carbocycles. The number of alkyl halides is 2. The van der Waals surface area contributed by atoms with Crippen LogP contribution in [0, 0.1) is 0 Å². The van der Waals surface area contributed by atoms with E-state index in [1.54, 1.807) is 0 Å². The van der Waals surface area contributed by atoms with E-state index in [0.29, 0.717) is 4.57 Å². The number of aliphatic hydroxyl groups is 2. The number of carbonyl (C=O) groups excluding carboxylic acids is 1. The second kappa shape index (κ2) is 16.8. The van der Waals surface area contributed by atoms with Gasteiger partial charge in [-0.25, -0.2) is 4.79 Å². The minimum absolute atomic E-state index is 0.0345. The van der Waals surface area contributed by atoms with Gasteiger partial charge in [-0.05, 0) is 12.5 Å². The van der Waals surface area contributed by atoms with E-state index in [0.717, 1.165) is 31.9 Å². The smallest absolute Gasteiger partial charge is 0.351 e. The predicted octanol–water partition coefficient (Wildman–Crippen LogP) is 5.33. The fourth-order valence-corrected chi connectivity index (χ4v) is 4.64. The van der Waals surface area contributed by atoms with Crippen LogP contribution < -0.4 is 11.0 Å². The van der Waals surface area contributed by atoms with Crippen molar-refractivity contribution in [1.29, 1.82) is 0 Å². The zero-order valence-electron chi connectivity index (χ0n) is 22.2. The molecule has 1 aromatic rings. The van der Waals surface area contributed by atoms with Crippen molar-refractivity contribution in [2.24, 2.45) is 0 Å². The van der Waals surface area contributed by atoms with Crippen LogP contribution in [0.25, 0.3) is 0 Å². The summed E-state index contributed by atoms with van der Waals surface area (Å²) in [4.78, 5) is 28.0. The Labute approximate surface area is 218 Å². The summed E-state index contributed by atoms with van der Waals surface area (Å²) < 4.78 is 34.0. The van der Waals surface area contributed by atoms with E-state index < -0.39 is 36.7 Å². The lowest BCUT2D eigenvalue weighted by atomic mass is 10.0. The third-order valence-corrected chi connectivity index (χ3v) is 6.92. The number of hydrogen-bond donors (Lipinski definition) is 3. The highest BCUT2D eigenvalue weighted by molar-refractivity contribution is 5.89. The summed E-state index contributed by atoms with van der Waals surface area (Å²) in [6.07, 6.45) is 14.0. The highest BCUT2D eigenvalue weighted by Gasteiger charge is 2.59. The van der Waals surface area contributed by atoms with Gasteiger partial charge in [0, 0.05) is 12.6 Å². The van der Waals surface area contributed by atoms with Gasteiger partial charge in [0.15, 0.2) is 6.10 Å². The molecule has 1 fully saturated rings. The van der Waals surface area contributed by atoms with Crippen molar-refractivity contribution >= 4 is 11.7 Å². The molecule has 0 bridgehead atoms. The van der Waals surface area contributed by atoms with Gasteiger partial charge in [-0.3, -0.25) is 9.36 Å². The minimum Gasteiger partial charge on any atom is -0.394 e. The molecule has 3 atom stereocenters. The molecule has 10 heteroatoms. The van der Waals surface area contributed by atoms with Crippen molar-refractivity contribution in [2.45, 2.75) is 134 Å². The van der Waals surface area contributed by atoms with E-state index in [1.807, 2.05) is 0 Å². The van der Waals surface area contributed by atoms with Gasteiger partial charge in [-0.2, -0.15) is 13.8 Å². The standard InChI is InChI=1S/C27H45F2N3O5/c1-2-3-4-5-6-7-8-9-10-11-12-13-14-15-16-17-23(34)30-22-18-19-32(26(36)31-22)25-27(28,29)24(35)21(20-33)37-25/h18-19,21,24-25,33,35H,2-17,20H2,1H3,(H,30,31,34,36)/t21-,24-,25-/m1/s1. The second-order valence-corrected chi connectivity index (χ2v) is 10.1. The fraction of sp³-hybridized carbons (Fsp3) is 0.815. The average Bonchev–Trinajstić information content (AvgIpc) is 3.09. The van der Waals surface area contributed by atoms with Crippen LogP contribution in [0.3, 0.4) is 0 Å². The number of halogens is 2. The molecule has 8 nitrogen and oxygen atoms in total. The molecule has 0 spiro atoms. The molecule has 1 aliphatic heterocycles. The maximum absolute atomic E-state index is 14.3. The number of aromatic nitrogens is 2. The van der Waals surface area contributed by atoms with Gasteiger partial charge in [0.25, 0.3) is 0 Å². The first-order valence-corrected chi connectivity index (χ1v) is 14.0. The summed E-state index contributed by atoms with van der Waals surface area (Å²) in [5, 5.41) is 21.2. The third-order valence-electron chi connectivity index (χ3n) is 6.92. The Bertz CT molecular complexity index is 852. The highest BCUT2D eigenvalue weighted by Crippen LogP contribution is 2.41. The monoisotopic (exact) mass is 529 g/mol. The van der Waals surface area contributed by atoms with E-state index in [-0.39, 0.29) is 18.1 Å². The van der Waals surface area contributed by atoms with E-state index in [4.69, 9.17) is 9.84 Å². The Balaban J connectivity index is 1.56. The maximum Gasteiger partial charge on any atom is 0.351 e. The van der Waals surface area contributed by atoms with Crippen molar-refractivity contribution in [3.63, 3.8) is 0 Å². The number of unbranched alkanes of at least 4 members (excludes halogenated alkanes) is 14. The summed E-state index contributed by atoms with van der Waals surface area (Å²) in [6.45, 7) is 1.43. The van der Waals surface area contributed by atoms with Crippen LogP contribution in [0.2, 0.25) is 0 Å². The molecular formula is C27H45F2N3O5. The minimum atomic E-state index is -3.78. The van der Waals surface area contributed by atoms with Crippen molar-refractivity contribution < 1.29 is 28.5 Å². The topological polar surface area (TPSA) is 114 Å². The van der Waals surface area contributed by atoms with E-state index in [9.17, 15) is 23.5 Å². The van der Waals surface area contributed by atoms with Gasteiger partial charge in [0.2, 0.25) is 12.1 Å².